The van der Waals surface area contributed by atoms with Crippen molar-refractivity contribution >= 4 is 18.1 Å². The molecule has 3 rings (SSSR count). The summed E-state index contributed by atoms with van der Waals surface area (Å²) < 4.78 is 4.70. The Balaban J connectivity index is 1.64. The van der Waals surface area contributed by atoms with Gasteiger partial charge in [-0.3, -0.25) is 0 Å². The maximum absolute atomic E-state index is 11.4. The van der Waals surface area contributed by atoms with Crippen LogP contribution in [0.25, 0.3) is 12.2 Å². The van der Waals surface area contributed by atoms with Gasteiger partial charge in [-0.15, -0.1) is 0 Å². The molecule has 3 aromatic carbocycles. The van der Waals surface area contributed by atoms with E-state index in [1.807, 2.05) is 24.3 Å². The molecule has 0 saturated carbocycles. The standard InChI is InChI=1S/C23H20O2/c1-25-23(24)22-15-13-19(14-16-22)8-7-18-9-11-21(12-10-18)17-20-5-3-2-4-6-20/h2-16H,17H2,1H3/b8-7+. The van der Waals surface area contributed by atoms with E-state index in [9.17, 15) is 4.79 Å². The Kier molecular flexibility index (Phi) is 5.43. The van der Waals surface area contributed by atoms with Crippen LogP contribution in [-0.4, -0.2) is 13.1 Å². The van der Waals surface area contributed by atoms with Gasteiger partial charge in [-0.05, 0) is 40.8 Å². The first-order chi connectivity index (χ1) is 12.2. The topological polar surface area (TPSA) is 26.3 Å². The molecule has 0 fully saturated rings. The predicted octanol–water partition coefficient (Wildman–Crippen LogP) is 5.23. The summed E-state index contributed by atoms with van der Waals surface area (Å²) >= 11 is 0. The summed E-state index contributed by atoms with van der Waals surface area (Å²) in [6, 6.07) is 26.4. The van der Waals surface area contributed by atoms with Gasteiger partial charge in [0.2, 0.25) is 0 Å². The summed E-state index contributed by atoms with van der Waals surface area (Å²) in [5.74, 6) is -0.315. The molecular formula is C23H20O2. The molecule has 0 radical (unpaired) electrons. The average molecular weight is 328 g/mol. The van der Waals surface area contributed by atoms with Gasteiger partial charge in [0, 0.05) is 0 Å². The monoisotopic (exact) mass is 328 g/mol. The molecule has 0 spiro atoms. The van der Waals surface area contributed by atoms with Crippen LogP contribution in [-0.2, 0) is 11.2 Å². The van der Waals surface area contributed by atoms with E-state index < -0.39 is 0 Å². The number of benzene rings is 3. The lowest BCUT2D eigenvalue weighted by molar-refractivity contribution is 0.0600. The van der Waals surface area contributed by atoms with Gasteiger partial charge >= 0.3 is 5.97 Å². The first-order valence-electron chi connectivity index (χ1n) is 8.24. The molecule has 0 amide bonds. The van der Waals surface area contributed by atoms with Crippen molar-refractivity contribution in [3.63, 3.8) is 0 Å². The zero-order chi connectivity index (χ0) is 17.5. The summed E-state index contributed by atoms with van der Waals surface area (Å²) in [5.41, 5.74) is 5.36. The Morgan fingerprint density at radius 2 is 1.28 bits per heavy atom. The third-order valence-electron chi connectivity index (χ3n) is 4.03. The van der Waals surface area contributed by atoms with Crippen LogP contribution in [0.5, 0.6) is 0 Å². The summed E-state index contributed by atoms with van der Waals surface area (Å²) in [6.45, 7) is 0. The molecule has 2 nitrogen and oxygen atoms in total. The lowest BCUT2D eigenvalue weighted by atomic mass is 10.0. The Bertz CT molecular complexity index is 845. The molecule has 0 aliphatic rings. The molecule has 0 aliphatic carbocycles. The number of ether oxygens (including phenoxy) is 1. The highest BCUT2D eigenvalue weighted by Crippen LogP contribution is 2.14. The summed E-state index contributed by atoms with van der Waals surface area (Å²) in [5, 5.41) is 0. The third kappa shape index (κ3) is 4.67. The van der Waals surface area contributed by atoms with E-state index >= 15 is 0 Å². The number of hydrogen-bond donors (Lipinski definition) is 0. The van der Waals surface area contributed by atoms with Crippen LogP contribution in [0, 0.1) is 0 Å². The van der Waals surface area contributed by atoms with Gasteiger partial charge in [0.25, 0.3) is 0 Å². The van der Waals surface area contributed by atoms with Crippen LogP contribution in [0.1, 0.15) is 32.6 Å². The van der Waals surface area contributed by atoms with Crippen molar-refractivity contribution in [3.05, 3.63) is 107 Å². The van der Waals surface area contributed by atoms with Crippen LogP contribution < -0.4 is 0 Å². The highest BCUT2D eigenvalue weighted by molar-refractivity contribution is 5.89. The Labute approximate surface area is 148 Å². The number of carbonyl (C=O) groups is 1. The number of carbonyl (C=O) groups excluding carboxylic acids is 1. The minimum Gasteiger partial charge on any atom is -0.465 e. The normalized spacial score (nSPS) is 10.8. The zero-order valence-electron chi connectivity index (χ0n) is 14.2. The predicted molar refractivity (Wildman–Crippen MR) is 102 cm³/mol. The van der Waals surface area contributed by atoms with Crippen molar-refractivity contribution in [1.29, 1.82) is 0 Å². The Hall–Kier alpha value is -3.13. The van der Waals surface area contributed by atoms with E-state index in [1.54, 1.807) is 12.1 Å². The van der Waals surface area contributed by atoms with Crippen molar-refractivity contribution in [2.24, 2.45) is 0 Å². The molecule has 0 saturated heterocycles. The van der Waals surface area contributed by atoms with Gasteiger partial charge < -0.3 is 4.74 Å². The first kappa shape index (κ1) is 16.7. The zero-order valence-corrected chi connectivity index (χ0v) is 14.2. The van der Waals surface area contributed by atoms with Crippen molar-refractivity contribution in [1.82, 2.24) is 0 Å². The molecule has 124 valence electrons. The lowest BCUT2D eigenvalue weighted by Crippen LogP contribution is -2.00. The molecule has 3 aromatic rings. The summed E-state index contributed by atoms with van der Waals surface area (Å²) in [4.78, 5) is 11.4. The fourth-order valence-corrected chi connectivity index (χ4v) is 2.62. The Morgan fingerprint density at radius 3 is 1.84 bits per heavy atom. The second-order valence-corrected chi connectivity index (χ2v) is 5.85. The van der Waals surface area contributed by atoms with Crippen LogP contribution in [0.4, 0.5) is 0 Å². The first-order valence-corrected chi connectivity index (χ1v) is 8.24. The van der Waals surface area contributed by atoms with Gasteiger partial charge in [0.05, 0.1) is 12.7 Å². The maximum Gasteiger partial charge on any atom is 0.337 e. The number of hydrogen-bond acceptors (Lipinski definition) is 2. The van der Waals surface area contributed by atoms with Crippen LogP contribution in [0.15, 0.2) is 78.9 Å². The maximum atomic E-state index is 11.4. The van der Waals surface area contributed by atoms with E-state index in [4.69, 9.17) is 4.74 Å². The molecular weight excluding hydrogens is 308 g/mol. The van der Waals surface area contributed by atoms with Crippen molar-refractivity contribution in [2.75, 3.05) is 7.11 Å². The molecule has 0 N–H and O–H groups in total. The van der Waals surface area contributed by atoms with E-state index in [2.05, 4.69) is 54.6 Å². The molecule has 0 aliphatic heterocycles. The highest BCUT2D eigenvalue weighted by Gasteiger charge is 2.03. The summed E-state index contributed by atoms with van der Waals surface area (Å²) in [6.07, 6.45) is 5.05. The fraction of sp³-hybridized carbons (Fsp3) is 0.0870. The van der Waals surface area contributed by atoms with Crippen molar-refractivity contribution in [3.8, 4) is 0 Å². The van der Waals surface area contributed by atoms with Crippen LogP contribution in [0.2, 0.25) is 0 Å². The lowest BCUT2D eigenvalue weighted by Gasteiger charge is -2.03. The SMILES string of the molecule is COC(=O)c1ccc(/C=C/c2ccc(Cc3ccccc3)cc2)cc1. The van der Waals surface area contributed by atoms with Gasteiger partial charge in [-0.2, -0.15) is 0 Å². The molecule has 2 heteroatoms. The number of methoxy groups -OCH3 is 1. The van der Waals surface area contributed by atoms with E-state index in [0.29, 0.717) is 5.56 Å². The number of esters is 1. The second-order valence-electron chi connectivity index (χ2n) is 5.85. The van der Waals surface area contributed by atoms with Crippen molar-refractivity contribution < 1.29 is 9.53 Å². The molecule has 0 heterocycles. The fourth-order valence-electron chi connectivity index (χ4n) is 2.62. The molecule has 0 aromatic heterocycles. The smallest absolute Gasteiger partial charge is 0.337 e. The van der Waals surface area contributed by atoms with Gasteiger partial charge in [0.15, 0.2) is 0 Å². The van der Waals surface area contributed by atoms with Gasteiger partial charge in [-0.25, -0.2) is 4.79 Å². The molecule has 0 unspecified atom stereocenters. The third-order valence-corrected chi connectivity index (χ3v) is 4.03. The molecule has 0 bridgehead atoms. The van der Waals surface area contributed by atoms with Gasteiger partial charge in [0.1, 0.15) is 0 Å². The second kappa shape index (κ2) is 8.11. The quantitative estimate of drug-likeness (QED) is 0.473. The Morgan fingerprint density at radius 1 is 0.760 bits per heavy atom. The van der Waals surface area contributed by atoms with E-state index in [1.165, 1.54) is 18.2 Å². The van der Waals surface area contributed by atoms with E-state index in [0.717, 1.165) is 17.5 Å². The average Bonchev–Trinajstić information content (AvgIpc) is 2.68. The number of rotatable bonds is 5. The minimum atomic E-state index is -0.315. The minimum absolute atomic E-state index is 0.315. The van der Waals surface area contributed by atoms with Crippen molar-refractivity contribution in [2.45, 2.75) is 6.42 Å². The highest BCUT2D eigenvalue weighted by atomic mass is 16.5. The molecule has 25 heavy (non-hydrogen) atoms. The summed E-state index contributed by atoms with van der Waals surface area (Å²) in [7, 11) is 1.39. The largest absolute Gasteiger partial charge is 0.465 e. The van der Waals surface area contributed by atoms with Crippen LogP contribution >= 0.6 is 0 Å². The van der Waals surface area contributed by atoms with Gasteiger partial charge in [-0.1, -0.05) is 78.9 Å². The molecule has 0 atom stereocenters. The van der Waals surface area contributed by atoms with Crippen LogP contribution in [0.3, 0.4) is 0 Å². The van der Waals surface area contributed by atoms with E-state index in [-0.39, 0.29) is 5.97 Å².